The predicted octanol–water partition coefficient (Wildman–Crippen LogP) is 4.47. The zero-order valence-corrected chi connectivity index (χ0v) is 19.2. The van der Waals surface area contributed by atoms with Crippen LogP contribution in [0.2, 0.25) is 5.02 Å². The molecule has 2 fully saturated rings. The Hall–Kier alpha value is -3.66. The first kappa shape index (κ1) is 24.1. The molecule has 0 spiro atoms. The second-order valence-corrected chi connectivity index (χ2v) is 9.28. The molecule has 5 rings (SSSR count). The van der Waals surface area contributed by atoms with Crippen LogP contribution in [0, 0.1) is 23.7 Å². The third-order valence-electron chi connectivity index (χ3n) is 6.73. The Labute approximate surface area is 207 Å². The van der Waals surface area contributed by atoms with E-state index in [4.69, 9.17) is 16.3 Å². The summed E-state index contributed by atoms with van der Waals surface area (Å²) in [4.78, 5) is 51.4. The predicted molar refractivity (Wildman–Crippen MR) is 122 cm³/mol. The van der Waals surface area contributed by atoms with Crippen molar-refractivity contribution < 1.29 is 37.1 Å². The first-order chi connectivity index (χ1) is 17.0. The highest BCUT2D eigenvalue weighted by Gasteiger charge is 2.59. The van der Waals surface area contributed by atoms with E-state index in [9.17, 15) is 32.3 Å². The average Bonchev–Trinajstić information content (AvgIpc) is 3.52. The Morgan fingerprint density at radius 2 is 1.61 bits per heavy atom. The fraction of sp³-hybridized carbons (Fsp3) is 0.280. The van der Waals surface area contributed by atoms with Gasteiger partial charge in [0, 0.05) is 0 Å². The highest BCUT2D eigenvalue weighted by Crippen LogP contribution is 2.53. The van der Waals surface area contributed by atoms with E-state index in [1.165, 1.54) is 24.3 Å². The van der Waals surface area contributed by atoms with Gasteiger partial charge in [-0.05, 0) is 60.7 Å². The van der Waals surface area contributed by atoms with Crippen molar-refractivity contribution in [3.63, 3.8) is 0 Å². The molecule has 1 aliphatic heterocycles. The molecule has 1 N–H and O–H groups in total. The van der Waals surface area contributed by atoms with E-state index < -0.39 is 30.2 Å². The van der Waals surface area contributed by atoms with Crippen LogP contribution in [-0.2, 0) is 25.3 Å². The van der Waals surface area contributed by atoms with E-state index >= 15 is 0 Å². The van der Waals surface area contributed by atoms with Crippen LogP contribution >= 0.6 is 11.6 Å². The number of allylic oxidation sites excluding steroid dienone is 2. The minimum atomic E-state index is -4.62. The number of halogens is 4. The van der Waals surface area contributed by atoms with E-state index in [0.29, 0.717) is 11.8 Å². The topological polar surface area (TPSA) is 92.8 Å². The number of ether oxygens (including phenoxy) is 1. The van der Waals surface area contributed by atoms with Gasteiger partial charge in [-0.1, -0.05) is 23.8 Å². The first-order valence-electron chi connectivity index (χ1n) is 11.0. The van der Waals surface area contributed by atoms with Crippen LogP contribution in [0.15, 0.2) is 54.6 Å². The summed E-state index contributed by atoms with van der Waals surface area (Å²) < 4.78 is 43.6. The molecule has 3 amide bonds. The molecular weight excluding hydrogens is 501 g/mol. The van der Waals surface area contributed by atoms with Gasteiger partial charge in [-0.15, -0.1) is 0 Å². The van der Waals surface area contributed by atoms with Crippen molar-refractivity contribution in [1.82, 2.24) is 0 Å². The monoisotopic (exact) mass is 518 g/mol. The van der Waals surface area contributed by atoms with E-state index in [-0.39, 0.29) is 51.8 Å². The maximum atomic E-state index is 12.9. The van der Waals surface area contributed by atoms with Crippen molar-refractivity contribution in [1.29, 1.82) is 0 Å². The number of nitrogens with zero attached hydrogens (tertiary/aromatic N) is 1. The lowest BCUT2D eigenvalue weighted by Crippen LogP contribution is -2.32. The minimum absolute atomic E-state index is 0.0599. The molecule has 1 saturated carbocycles. The molecule has 1 heterocycles. The molecule has 0 aromatic heterocycles. The fourth-order valence-electron chi connectivity index (χ4n) is 5.10. The van der Waals surface area contributed by atoms with E-state index in [1.54, 1.807) is 0 Å². The van der Waals surface area contributed by atoms with Gasteiger partial charge in [0.1, 0.15) is 0 Å². The van der Waals surface area contributed by atoms with Crippen LogP contribution in [0.5, 0.6) is 0 Å². The summed E-state index contributed by atoms with van der Waals surface area (Å²) in [6.45, 7) is -0.768. The number of benzene rings is 2. The third-order valence-corrected chi connectivity index (χ3v) is 7.06. The van der Waals surface area contributed by atoms with Gasteiger partial charge >= 0.3 is 12.1 Å². The SMILES string of the molecule is O=C(COC(=O)c1ccc(N2C(=O)[C@H]3[C@H](C2=O)[C@H]2C=C[C@H]3C2)cc1)Nc1cc(C(F)(F)F)ccc1Cl. The van der Waals surface area contributed by atoms with Crippen molar-refractivity contribution in [3.05, 3.63) is 70.8 Å². The number of hydrogen-bond acceptors (Lipinski definition) is 5. The molecule has 2 aromatic carbocycles. The summed E-state index contributed by atoms with van der Waals surface area (Å²) in [5, 5.41) is 2.07. The van der Waals surface area contributed by atoms with Crippen LogP contribution in [0.3, 0.4) is 0 Å². The number of carbonyl (C=O) groups is 4. The van der Waals surface area contributed by atoms with E-state index in [2.05, 4.69) is 5.32 Å². The molecule has 4 atom stereocenters. The lowest BCUT2D eigenvalue weighted by Gasteiger charge is -2.17. The van der Waals surface area contributed by atoms with Crippen molar-refractivity contribution in [2.45, 2.75) is 12.6 Å². The van der Waals surface area contributed by atoms with Crippen molar-refractivity contribution in [3.8, 4) is 0 Å². The van der Waals surface area contributed by atoms with Crippen LogP contribution in [0.4, 0.5) is 24.5 Å². The number of fused-ring (bicyclic) bond motifs is 5. The highest BCUT2D eigenvalue weighted by molar-refractivity contribution is 6.33. The third kappa shape index (κ3) is 4.15. The second kappa shape index (κ2) is 8.77. The van der Waals surface area contributed by atoms with Gasteiger partial charge in [-0.25, -0.2) is 4.79 Å². The summed E-state index contributed by atoms with van der Waals surface area (Å²) >= 11 is 5.84. The molecule has 3 aliphatic rings. The molecule has 2 aromatic rings. The van der Waals surface area contributed by atoms with Gasteiger partial charge in [-0.2, -0.15) is 13.2 Å². The number of amides is 3. The Morgan fingerprint density at radius 3 is 2.19 bits per heavy atom. The lowest BCUT2D eigenvalue weighted by atomic mass is 9.85. The summed E-state index contributed by atoms with van der Waals surface area (Å²) in [6, 6.07) is 8.08. The normalized spacial score (nSPS) is 24.3. The molecule has 36 heavy (non-hydrogen) atoms. The number of esters is 1. The van der Waals surface area contributed by atoms with Gasteiger partial charge in [0.15, 0.2) is 6.61 Å². The van der Waals surface area contributed by atoms with E-state index in [0.717, 1.165) is 23.5 Å². The quantitative estimate of drug-likeness (QED) is 0.358. The Balaban J connectivity index is 1.20. The van der Waals surface area contributed by atoms with Crippen LogP contribution in [-0.4, -0.2) is 30.3 Å². The van der Waals surface area contributed by atoms with Gasteiger partial charge in [0.25, 0.3) is 5.91 Å². The number of imide groups is 1. The number of anilines is 2. The van der Waals surface area contributed by atoms with Gasteiger partial charge in [0.2, 0.25) is 11.8 Å². The summed E-state index contributed by atoms with van der Waals surface area (Å²) in [5.74, 6) is -2.79. The second-order valence-electron chi connectivity index (χ2n) is 8.88. The van der Waals surface area contributed by atoms with Crippen LogP contribution in [0.1, 0.15) is 22.3 Å². The highest BCUT2D eigenvalue weighted by atomic mass is 35.5. The number of nitrogens with one attached hydrogen (secondary N) is 1. The number of alkyl halides is 3. The molecule has 0 radical (unpaired) electrons. The molecule has 2 aliphatic carbocycles. The van der Waals surface area contributed by atoms with E-state index in [1.807, 2.05) is 12.2 Å². The average molecular weight is 519 g/mol. The molecule has 7 nitrogen and oxygen atoms in total. The molecular formula is C25H18ClF3N2O5. The maximum absolute atomic E-state index is 12.9. The maximum Gasteiger partial charge on any atom is 0.416 e. The zero-order chi connectivity index (χ0) is 25.8. The number of rotatable bonds is 5. The van der Waals surface area contributed by atoms with Crippen molar-refractivity contribution in [2.24, 2.45) is 23.7 Å². The minimum Gasteiger partial charge on any atom is -0.452 e. The smallest absolute Gasteiger partial charge is 0.416 e. The zero-order valence-electron chi connectivity index (χ0n) is 18.4. The van der Waals surface area contributed by atoms with Crippen molar-refractivity contribution >= 4 is 46.7 Å². The van der Waals surface area contributed by atoms with Crippen LogP contribution < -0.4 is 10.2 Å². The summed E-state index contributed by atoms with van der Waals surface area (Å²) in [7, 11) is 0. The lowest BCUT2D eigenvalue weighted by molar-refractivity contribution is -0.137. The first-order valence-corrected chi connectivity index (χ1v) is 11.4. The molecule has 2 bridgehead atoms. The largest absolute Gasteiger partial charge is 0.452 e. The fourth-order valence-corrected chi connectivity index (χ4v) is 5.27. The van der Waals surface area contributed by atoms with Gasteiger partial charge in [0.05, 0.1) is 39.4 Å². The standard InChI is InChI=1S/C25H18ClF3N2O5/c26-17-8-5-15(25(27,28)29)10-18(17)30-19(32)11-36-24(35)12-3-6-16(7-4-12)31-22(33)20-13-1-2-14(9-13)21(20)23(31)34/h1-8,10,13-14,20-21H,9,11H2,(H,30,32)/t13-,14-,20+,21+/m0/s1. The Morgan fingerprint density at radius 1 is 1.00 bits per heavy atom. The molecule has 11 heteroatoms. The number of hydrogen-bond donors (Lipinski definition) is 1. The number of carbonyl (C=O) groups excluding carboxylic acids is 4. The summed E-state index contributed by atoms with van der Waals surface area (Å²) in [5.41, 5.74) is -0.871. The van der Waals surface area contributed by atoms with Crippen molar-refractivity contribution in [2.75, 3.05) is 16.8 Å². The molecule has 0 unspecified atom stereocenters. The van der Waals surface area contributed by atoms with Crippen LogP contribution in [0.25, 0.3) is 0 Å². The Bertz CT molecular complexity index is 1280. The summed E-state index contributed by atoms with van der Waals surface area (Å²) in [6.07, 6.45) is 0.189. The van der Waals surface area contributed by atoms with Gasteiger partial charge in [-0.3, -0.25) is 19.3 Å². The van der Waals surface area contributed by atoms with Gasteiger partial charge < -0.3 is 10.1 Å². The molecule has 1 saturated heterocycles. The molecule has 186 valence electrons. The Kier molecular flexibility index (Phi) is 5.86.